The van der Waals surface area contributed by atoms with Crippen LogP contribution in [-0.4, -0.2) is 45.2 Å². The molecule has 1 aliphatic rings. The summed E-state index contributed by atoms with van der Waals surface area (Å²) in [5.41, 5.74) is 1.51. The average molecular weight is 237 g/mol. The average Bonchev–Trinajstić information content (AvgIpc) is 2.32. The molecule has 1 aliphatic heterocycles. The number of piperazine rings is 1. The van der Waals surface area contributed by atoms with Crippen LogP contribution < -0.4 is 10.2 Å². The Morgan fingerprint density at radius 2 is 2.00 bits per heavy atom. The summed E-state index contributed by atoms with van der Waals surface area (Å²) in [5, 5.41) is 3.28. The standard InChI is InChI=1S/C13H20FN3/c1-16(2)10-11-4-3-5-12(13(11)14)17-8-6-15-7-9-17/h3-5,15H,6-10H2,1-2H3. The topological polar surface area (TPSA) is 18.5 Å². The number of anilines is 1. The summed E-state index contributed by atoms with van der Waals surface area (Å²) in [4.78, 5) is 4.10. The lowest BCUT2D eigenvalue weighted by Gasteiger charge is -2.30. The highest BCUT2D eigenvalue weighted by Gasteiger charge is 2.16. The molecule has 0 amide bonds. The Morgan fingerprint density at radius 3 is 2.65 bits per heavy atom. The molecule has 1 aromatic rings. The number of nitrogens with zero attached hydrogens (tertiary/aromatic N) is 2. The third kappa shape index (κ3) is 2.96. The van der Waals surface area contributed by atoms with Crippen LogP contribution in [0.25, 0.3) is 0 Å². The van der Waals surface area contributed by atoms with Crippen LogP contribution in [0.15, 0.2) is 18.2 Å². The van der Waals surface area contributed by atoms with Gasteiger partial charge >= 0.3 is 0 Å². The molecule has 1 aromatic carbocycles. The van der Waals surface area contributed by atoms with Gasteiger partial charge in [0.2, 0.25) is 0 Å². The predicted molar refractivity (Wildman–Crippen MR) is 68.9 cm³/mol. The van der Waals surface area contributed by atoms with Crippen LogP contribution in [0.1, 0.15) is 5.56 Å². The van der Waals surface area contributed by atoms with E-state index in [0.717, 1.165) is 37.4 Å². The number of hydrogen-bond donors (Lipinski definition) is 1. The lowest BCUT2D eigenvalue weighted by atomic mass is 10.1. The monoisotopic (exact) mass is 237 g/mol. The van der Waals surface area contributed by atoms with Gasteiger partial charge in [0.25, 0.3) is 0 Å². The second kappa shape index (κ2) is 5.47. The van der Waals surface area contributed by atoms with Gasteiger partial charge < -0.3 is 15.1 Å². The minimum atomic E-state index is -0.0666. The highest BCUT2D eigenvalue weighted by Crippen LogP contribution is 2.23. The number of benzene rings is 1. The fourth-order valence-electron chi connectivity index (χ4n) is 2.18. The molecule has 0 atom stereocenters. The largest absolute Gasteiger partial charge is 0.367 e. The summed E-state index contributed by atoms with van der Waals surface area (Å²) >= 11 is 0. The summed E-state index contributed by atoms with van der Waals surface area (Å²) in [6, 6.07) is 5.68. The molecule has 1 N–H and O–H groups in total. The van der Waals surface area contributed by atoms with E-state index in [4.69, 9.17) is 0 Å². The molecule has 0 saturated carbocycles. The van der Waals surface area contributed by atoms with E-state index in [-0.39, 0.29) is 5.82 Å². The Balaban J connectivity index is 2.21. The molecule has 0 radical (unpaired) electrons. The second-order valence-corrected chi connectivity index (χ2v) is 4.73. The zero-order chi connectivity index (χ0) is 12.3. The zero-order valence-electron chi connectivity index (χ0n) is 10.5. The molecular weight excluding hydrogens is 217 g/mol. The Labute approximate surface area is 102 Å². The van der Waals surface area contributed by atoms with Gasteiger partial charge in [-0.1, -0.05) is 12.1 Å². The van der Waals surface area contributed by atoms with Crippen molar-refractivity contribution in [3.05, 3.63) is 29.6 Å². The number of halogens is 1. The fraction of sp³-hybridized carbons (Fsp3) is 0.538. The van der Waals surface area contributed by atoms with Gasteiger partial charge in [-0.3, -0.25) is 0 Å². The third-order valence-corrected chi connectivity index (χ3v) is 3.00. The summed E-state index contributed by atoms with van der Waals surface area (Å²) in [7, 11) is 3.91. The van der Waals surface area contributed by atoms with Gasteiger partial charge in [-0.2, -0.15) is 0 Å². The molecule has 0 spiro atoms. The molecule has 0 bridgehead atoms. The van der Waals surface area contributed by atoms with Crippen LogP contribution in [0.5, 0.6) is 0 Å². The quantitative estimate of drug-likeness (QED) is 0.855. The first kappa shape index (κ1) is 12.3. The molecule has 1 fully saturated rings. The van der Waals surface area contributed by atoms with Gasteiger partial charge in [-0.25, -0.2) is 4.39 Å². The molecule has 0 aliphatic carbocycles. The van der Waals surface area contributed by atoms with Crippen LogP contribution in [-0.2, 0) is 6.54 Å². The maximum absolute atomic E-state index is 14.3. The molecule has 2 rings (SSSR count). The highest BCUT2D eigenvalue weighted by atomic mass is 19.1. The summed E-state index contributed by atoms with van der Waals surface area (Å²) < 4.78 is 14.3. The fourth-order valence-corrected chi connectivity index (χ4v) is 2.18. The summed E-state index contributed by atoms with van der Waals surface area (Å²) in [6.45, 7) is 4.26. The minimum Gasteiger partial charge on any atom is -0.367 e. The van der Waals surface area contributed by atoms with Crippen LogP contribution in [0.4, 0.5) is 10.1 Å². The molecule has 4 heteroatoms. The molecule has 1 saturated heterocycles. The zero-order valence-corrected chi connectivity index (χ0v) is 10.5. The van der Waals surface area contributed by atoms with E-state index in [9.17, 15) is 4.39 Å². The van der Waals surface area contributed by atoms with Gasteiger partial charge in [0.1, 0.15) is 0 Å². The second-order valence-electron chi connectivity index (χ2n) is 4.73. The first-order valence-electron chi connectivity index (χ1n) is 6.06. The van der Waals surface area contributed by atoms with Crippen molar-refractivity contribution >= 4 is 5.69 Å². The van der Waals surface area contributed by atoms with E-state index in [1.54, 1.807) is 0 Å². The highest BCUT2D eigenvalue weighted by molar-refractivity contribution is 5.50. The number of hydrogen-bond acceptors (Lipinski definition) is 3. The Bertz CT molecular complexity index is 373. The normalized spacial score (nSPS) is 16.6. The Morgan fingerprint density at radius 1 is 1.29 bits per heavy atom. The van der Waals surface area contributed by atoms with E-state index < -0.39 is 0 Å². The van der Waals surface area contributed by atoms with E-state index in [1.165, 1.54) is 0 Å². The molecule has 94 valence electrons. The summed E-state index contributed by atoms with van der Waals surface area (Å²) in [5.74, 6) is -0.0666. The van der Waals surface area contributed by atoms with Crippen LogP contribution >= 0.6 is 0 Å². The molecular formula is C13H20FN3. The molecule has 1 heterocycles. The first-order chi connectivity index (χ1) is 8.18. The van der Waals surface area contributed by atoms with Crippen molar-refractivity contribution in [1.82, 2.24) is 10.2 Å². The smallest absolute Gasteiger partial charge is 0.150 e. The van der Waals surface area contributed by atoms with Gasteiger partial charge in [0.15, 0.2) is 5.82 Å². The molecule has 3 nitrogen and oxygen atoms in total. The summed E-state index contributed by atoms with van der Waals surface area (Å²) in [6.07, 6.45) is 0. The van der Waals surface area contributed by atoms with Gasteiger partial charge in [0.05, 0.1) is 5.69 Å². The van der Waals surface area contributed by atoms with E-state index in [2.05, 4.69) is 10.2 Å². The lowest BCUT2D eigenvalue weighted by molar-refractivity contribution is 0.392. The minimum absolute atomic E-state index is 0.0666. The SMILES string of the molecule is CN(C)Cc1cccc(N2CCNCC2)c1F. The predicted octanol–water partition coefficient (Wildman–Crippen LogP) is 1.30. The molecule has 0 unspecified atom stereocenters. The van der Waals surface area contributed by atoms with Crippen LogP contribution in [0.3, 0.4) is 0 Å². The van der Waals surface area contributed by atoms with Gasteiger partial charge in [-0.15, -0.1) is 0 Å². The van der Waals surface area contributed by atoms with Crippen molar-refractivity contribution in [2.24, 2.45) is 0 Å². The molecule has 0 aromatic heterocycles. The molecule has 17 heavy (non-hydrogen) atoms. The van der Waals surface area contributed by atoms with Crippen LogP contribution in [0.2, 0.25) is 0 Å². The van der Waals surface area contributed by atoms with Crippen molar-refractivity contribution < 1.29 is 4.39 Å². The van der Waals surface area contributed by atoms with Crippen molar-refractivity contribution in [1.29, 1.82) is 0 Å². The lowest BCUT2D eigenvalue weighted by Crippen LogP contribution is -2.44. The third-order valence-electron chi connectivity index (χ3n) is 3.00. The van der Waals surface area contributed by atoms with Crippen molar-refractivity contribution in [2.45, 2.75) is 6.54 Å². The number of rotatable bonds is 3. The van der Waals surface area contributed by atoms with Crippen molar-refractivity contribution in [3.8, 4) is 0 Å². The van der Waals surface area contributed by atoms with Crippen molar-refractivity contribution in [3.63, 3.8) is 0 Å². The van der Waals surface area contributed by atoms with Gasteiger partial charge in [-0.05, 0) is 20.2 Å². The maximum atomic E-state index is 14.3. The van der Waals surface area contributed by atoms with E-state index in [0.29, 0.717) is 6.54 Å². The van der Waals surface area contributed by atoms with Crippen molar-refractivity contribution in [2.75, 3.05) is 45.2 Å². The van der Waals surface area contributed by atoms with Gasteiger partial charge in [0, 0.05) is 38.3 Å². The number of nitrogens with one attached hydrogen (secondary N) is 1. The maximum Gasteiger partial charge on any atom is 0.150 e. The van der Waals surface area contributed by atoms with E-state index >= 15 is 0 Å². The van der Waals surface area contributed by atoms with Crippen LogP contribution in [0, 0.1) is 5.82 Å². The Kier molecular flexibility index (Phi) is 3.97. The first-order valence-corrected chi connectivity index (χ1v) is 6.06. The van der Waals surface area contributed by atoms with E-state index in [1.807, 2.05) is 37.2 Å². The Hall–Kier alpha value is -1.13.